The van der Waals surface area contributed by atoms with E-state index in [4.69, 9.17) is 17.3 Å². The van der Waals surface area contributed by atoms with Crippen LogP contribution in [0, 0.1) is 13.8 Å². The molecular formula is C13H18ClN. The average Bonchev–Trinajstić information content (AvgIpc) is 2.93. The molecule has 1 aliphatic rings. The van der Waals surface area contributed by atoms with E-state index in [1.807, 2.05) is 0 Å². The summed E-state index contributed by atoms with van der Waals surface area (Å²) in [5, 5.41) is 0.872. The third kappa shape index (κ3) is 1.68. The fourth-order valence-electron chi connectivity index (χ4n) is 2.25. The highest BCUT2D eigenvalue weighted by molar-refractivity contribution is 6.31. The molecule has 0 heterocycles. The molecule has 1 aliphatic carbocycles. The smallest absolute Gasteiger partial charge is 0.0440 e. The number of halogens is 1. The summed E-state index contributed by atoms with van der Waals surface area (Å²) >= 11 is 6.22. The lowest BCUT2D eigenvalue weighted by Gasteiger charge is -2.21. The SMILES string of the molecule is Cc1cc(C2(C(C)N)CC2)cc(Cl)c1C. The quantitative estimate of drug-likeness (QED) is 0.818. The molecule has 1 nitrogen and oxygen atoms in total. The van der Waals surface area contributed by atoms with Crippen molar-refractivity contribution >= 4 is 11.6 Å². The van der Waals surface area contributed by atoms with E-state index < -0.39 is 0 Å². The van der Waals surface area contributed by atoms with E-state index in [1.165, 1.54) is 29.5 Å². The van der Waals surface area contributed by atoms with Gasteiger partial charge in [0.15, 0.2) is 0 Å². The summed E-state index contributed by atoms with van der Waals surface area (Å²) in [5.74, 6) is 0. The van der Waals surface area contributed by atoms with Crippen molar-refractivity contribution < 1.29 is 0 Å². The van der Waals surface area contributed by atoms with Crippen molar-refractivity contribution in [2.75, 3.05) is 0 Å². The molecule has 2 rings (SSSR count). The zero-order chi connectivity index (χ0) is 11.2. The standard InChI is InChI=1S/C13H18ClN/c1-8-6-11(7-12(14)9(8)2)13(4-5-13)10(3)15/h6-7,10H,4-5,15H2,1-3H3. The second-order valence-electron chi connectivity index (χ2n) is 4.84. The number of aryl methyl sites for hydroxylation is 1. The van der Waals surface area contributed by atoms with E-state index >= 15 is 0 Å². The lowest BCUT2D eigenvalue weighted by atomic mass is 9.88. The average molecular weight is 224 g/mol. The first-order valence-corrected chi connectivity index (χ1v) is 5.88. The lowest BCUT2D eigenvalue weighted by molar-refractivity contribution is 0.556. The van der Waals surface area contributed by atoms with Gasteiger partial charge >= 0.3 is 0 Å². The molecule has 1 unspecified atom stereocenters. The number of benzene rings is 1. The van der Waals surface area contributed by atoms with Gasteiger partial charge in [-0.05, 0) is 56.4 Å². The third-order valence-electron chi connectivity index (χ3n) is 3.84. The molecule has 2 heteroatoms. The molecule has 0 aromatic heterocycles. The summed E-state index contributed by atoms with van der Waals surface area (Å²) in [6.07, 6.45) is 2.40. The molecule has 0 bridgehead atoms. The van der Waals surface area contributed by atoms with Crippen molar-refractivity contribution in [3.8, 4) is 0 Å². The maximum Gasteiger partial charge on any atom is 0.0440 e. The zero-order valence-corrected chi connectivity index (χ0v) is 10.4. The number of hydrogen-bond donors (Lipinski definition) is 1. The van der Waals surface area contributed by atoms with Crippen LogP contribution in [-0.2, 0) is 5.41 Å². The predicted molar refractivity (Wildman–Crippen MR) is 65.5 cm³/mol. The highest BCUT2D eigenvalue weighted by Crippen LogP contribution is 2.51. The van der Waals surface area contributed by atoms with E-state index in [-0.39, 0.29) is 11.5 Å². The summed E-state index contributed by atoms with van der Waals surface area (Å²) in [4.78, 5) is 0. The molecule has 0 amide bonds. The van der Waals surface area contributed by atoms with Crippen LogP contribution < -0.4 is 5.73 Å². The van der Waals surface area contributed by atoms with Crippen LogP contribution in [-0.4, -0.2) is 6.04 Å². The predicted octanol–water partition coefficient (Wildman–Crippen LogP) is 3.34. The molecule has 0 aliphatic heterocycles. The minimum absolute atomic E-state index is 0.210. The fourth-order valence-corrected chi connectivity index (χ4v) is 2.51. The van der Waals surface area contributed by atoms with Gasteiger partial charge in [-0.15, -0.1) is 0 Å². The van der Waals surface area contributed by atoms with Gasteiger partial charge < -0.3 is 5.73 Å². The van der Waals surface area contributed by atoms with Gasteiger partial charge in [0.1, 0.15) is 0 Å². The van der Waals surface area contributed by atoms with Gasteiger partial charge in [0.25, 0.3) is 0 Å². The zero-order valence-electron chi connectivity index (χ0n) is 9.60. The second-order valence-corrected chi connectivity index (χ2v) is 5.25. The Bertz CT molecular complexity index is 369. The third-order valence-corrected chi connectivity index (χ3v) is 4.23. The molecule has 1 atom stereocenters. The van der Waals surface area contributed by atoms with Crippen molar-refractivity contribution in [3.05, 3.63) is 33.8 Å². The Kier molecular flexibility index (Phi) is 2.56. The lowest BCUT2D eigenvalue weighted by Crippen LogP contribution is -2.31. The summed E-state index contributed by atoms with van der Waals surface area (Å²) < 4.78 is 0. The summed E-state index contributed by atoms with van der Waals surface area (Å²) in [6, 6.07) is 4.56. The number of rotatable bonds is 2. The van der Waals surface area contributed by atoms with Crippen molar-refractivity contribution in [2.45, 2.75) is 45.1 Å². The summed E-state index contributed by atoms with van der Waals surface area (Å²) in [5.41, 5.74) is 10.0. The van der Waals surface area contributed by atoms with Crippen molar-refractivity contribution in [2.24, 2.45) is 5.73 Å². The van der Waals surface area contributed by atoms with Crippen LogP contribution in [0.15, 0.2) is 12.1 Å². The highest BCUT2D eigenvalue weighted by Gasteiger charge is 2.47. The van der Waals surface area contributed by atoms with Gasteiger partial charge in [0.2, 0.25) is 0 Å². The maximum absolute atomic E-state index is 6.22. The molecule has 1 fully saturated rings. The van der Waals surface area contributed by atoms with Crippen LogP contribution in [0.1, 0.15) is 36.5 Å². The Morgan fingerprint density at radius 1 is 1.33 bits per heavy atom. The molecule has 2 N–H and O–H groups in total. The van der Waals surface area contributed by atoms with Crippen LogP contribution in [0.5, 0.6) is 0 Å². The Hall–Kier alpha value is -0.530. The van der Waals surface area contributed by atoms with Crippen molar-refractivity contribution in [1.82, 2.24) is 0 Å². The van der Waals surface area contributed by atoms with Crippen LogP contribution >= 0.6 is 11.6 Å². The van der Waals surface area contributed by atoms with E-state index in [2.05, 4.69) is 32.9 Å². The van der Waals surface area contributed by atoms with Crippen LogP contribution in [0.3, 0.4) is 0 Å². The first kappa shape index (κ1) is 11.0. The molecule has 1 saturated carbocycles. The molecule has 0 saturated heterocycles. The molecule has 0 radical (unpaired) electrons. The minimum Gasteiger partial charge on any atom is -0.327 e. The van der Waals surface area contributed by atoms with Crippen LogP contribution in [0.2, 0.25) is 5.02 Å². The summed E-state index contributed by atoms with van der Waals surface area (Å²) in [6.45, 7) is 6.27. The molecule has 15 heavy (non-hydrogen) atoms. The monoisotopic (exact) mass is 223 g/mol. The highest BCUT2D eigenvalue weighted by atomic mass is 35.5. The number of hydrogen-bond acceptors (Lipinski definition) is 1. The first-order valence-electron chi connectivity index (χ1n) is 5.50. The van der Waals surface area contributed by atoms with Gasteiger partial charge in [0, 0.05) is 16.5 Å². The molecule has 1 aromatic rings. The Morgan fingerprint density at radius 3 is 2.33 bits per heavy atom. The van der Waals surface area contributed by atoms with Gasteiger partial charge in [-0.3, -0.25) is 0 Å². The first-order chi connectivity index (χ1) is 6.97. The van der Waals surface area contributed by atoms with Gasteiger partial charge in [-0.2, -0.15) is 0 Å². The molecule has 1 aromatic carbocycles. The van der Waals surface area contributed by atoms with Gasteiger partial charge in [0.05, 0.1) is 0 Å². The van der Waals surface area contributed by atoms with E-state index in [0.29, 0.717) is 0 Å². The summed E-state index contributed by atoms with van der Waals surface area (Å²) in [7, 11) is 0. The Balaban J connectivity index is 2.47. The van der Waals surface area contributed by atoms with Crippen molar-refractivity contribution in [3.63, 3.8) is 0 Å². The van der Waals surface area contributed by atoms with E-state index in [9.17, 15) is 0 Å². The van der Waals surface area contributed by atoms with Gasteiger partial charge in [-0.1, -0.05) is 17.7 Å². The number of nitrogens with two attached hydrogens (primary N) is 1. The van der Waals surface area contributed by atoms with Crippen LogP contribution in [0.25, 0.3) is 0 Å². The van der Waals surface area contributed by atoms with Crippen molar-refractivity contribution in [1.29, 1.82) is 0 Å². The van der Waals surface area contributed by atoms with E-state index in [0.717, 1.165) is 5.02 Å². The molecule has 82 valence electrons. The maximum atomic E-state index is 6.22. The second kappa shape index (κ2) is 3.50. The van der Waals surface area contributed by atoms with Crippen LogP contribution in [0.4, 0.5) is 0 Å². The molecular weight excluding hydrogens is 206 g/mol. The normalized spacial score (nSPS) is 20.1. The largest absolute Gasteiger partial charge is 0.327 e. The minimum atomic E-state index is 0.210. The Morgan fingerprint density at radius 2 is 1.93 bits per heavy atom. The Labute approximate surface area is 96.6 Å². The van der Waals surface area contributed by atoms with Gasteiger partial charge in [-0.25, -0.2) is 0 Å². The van der Waals surface area contributed by atoms with E-state index in [1.54, 1.807) is 0 Å². The topological polar surface area (TPSA) is 26.0 Å². The fraction of sp³-hybridized carbons (Fsp3) is 0.538. The molecule has 0 spiro atoms.